The zero-order chi connectivity index (χ0) is 91.1. The van der Waals surface area contributed by atoms with Crippen LogP contribution in [0.4, 0.5) is 0 Å². The Hall–Kier alpha value is -8.88. The van der Waals surface area contributed by atoms with Gasteiger partial charge in [0, 0.05) is 143 Å². The molecule has 6 heterocycles. The van der Waals surface area contributed by atoms with Crippen molar-refractivity contribution in [3.63, 3.8) is 0 Å². The van der Waals surface area contributed by atoms with Crippen LogP contribution in [0, 0.1) is 22.7 Å². The summed E-state index contributed by atoms with van der Waals surface area (Å²) in [6.07, 6.45) is 20.9. The molecule has 0 aliphatic carbocycles. The van der Waals surface area contributed by atoms with Crippen molar-refractivity contribution in [2.24, 2.45) is 22.7 Å². The first-order valence-corrected chi connectivity index (χ1v) is 56.2. The zero-order valence-electron chi connectivity index (χ0n) is 77.8. The molecule has 129 heavy (non-hydrogen) atoms. The Morgan fingerprint density at radius 2 is 0.395 bits per heavy atom. The van der Waals surface area contributed by atoms with Crippen molar-refractivity contribution in [1.82, 2.24) is 0 Å². The van der Waals surface area contributed by atoms with Crippen molar-refractivity contribution >= 4 is 166 Å². The summed E-state index contributed by atoms with van der Waals surface area (Å²) in [7, 11) is 2.13. The van der Waals surface area contributed by atoms with Crippen LogP contribution in [-0.4, -0.2) is 105 Å². The molecule has 0 saturated carbocycles. The summed E-state index contributed by atoms with van der Waals surface area (Å²) in [5.41, 5.74) is -0.988. The predicted octanol–water partition coefficient (Wildman–Crippen LogP) is 26.5. The predicted molar refractivity (Wildman–Crippen MR) is 548 cm³/mol. The molecule has 12 nitrogen and oxygen atoms in total. The van der Waals surface area contributed by atoms with Gasteiger partial charge in [-0.15, -0.1) is 0 Å². The summed E-state index contributed by atoms with van der Waals surface area (Å²) in [5.74, 6) is 18.5. The Morgan fingerprint density at radius 3 is 0.566 bits per heavy atom. The molecule has 0 unspecified atom stereocenters. The topological polar surface area (TPSA) is 158 Å². The molecule has 0 spiro atoms. The van der Waals surface area contributed by atoms with Gasteiger partial charge >= 0.3 is 35.8 Å². The van der Waals surface area contributed by atoms with Crippen molar-refractivity contribution in [2.45, 2.75) is 222 Å². The third-order valence-corrected chi connectivity index (χ3v) is 39.1. The summed E-state index contributed by atoms with van der Waals surface area (Å²) in [4.78, 5) is 80.0. The van der Waals surface area contributed by atoms with Crippen LogP contribution in [0.25, 0.3) is 64.6 Å². The molecule has 6 aliphatic rings. The van der Waals surface area contributed by atoms with Crippen molar-refractivity contribution in [1.29, 1.82) is 0 Å². The maximum Gasteiger partial charge on any atom is 0.316 e. The molecule has 0 bridgehead atoms. The van der Waals surface area contributed by atoms with Gasteiger partial charge in [-0.2, -0.15) is 0 Å². The number of hydrogen-bond donors (Lipinski definition) is 0. The summed E-state index contributed by atoms with van der Waals surface area (Å²) in [6, 6.07) is 74.7. The minimum atomic E-state index is -0.495. The minimum absolute atomic E-state index is 0.111. The summed E-state index contributed by atoms with van der Waals surface area (Å²) in [5, 5.41) is 13.8. The second-order valence-corrected chi connectivity index (χ2v) is 49.9. The fourth-order valence-electron chi connectivity index (χ4n) is 16.6. The van der Waals surface area contributed by atoms with Gasteiger partial charge in [0.25, 0.3) is 0 Å². The van der Waals surface area contributed by atoms with E-state index in [0.717, 1.165) is 32.3 Å². The highest BCUT2D eigenvalue weighted by molar-refractivity contribution is 7.98. The highest BCUT2D eigenvalue weighted by Gasteiger charge is 2.37. The Kier molecular flexibility index (Phi) is 35.5. The molecule has 6 saturated heterocycles. The molecule has 0 N–H and O–H groups in total. The SMILES string of the molecule is CC(C)(C)C(=O)Oc1ccc([S+]2CCCC2)c2ccccc12.CC(C)(C)C(=O)Oc1ccc([S+]2CCCCC2)c2ccccc12.CC(C)C(=O)Oc1ccc([S+]2CCCC2)c2ccccc12.CC(C)C(=O)Oc1ccc([S+]2CCCCC2)c2ccccc12.CCC(=O)Oc1ccc([S+]2CCCC2)c2ccccc12.CCC(=O)Oc1ccc([S+]2CCCCC2)c2ccccc12. The number of fused-ring (bicyclic) bond motifs is 6. The molecule has 0 amide bonds. The van der Waals surface area contributed by atoms with Gasteiger partial charge in [-0.25, -0.2) is 0 Å². The number of carbonyl (C=O) groups excluding carboxylic acids is 6. The molecule has 6 fully saturated rings. The lowest BCUT2D eigenvalue weighted by Crippen LogP contribution is -2.25. The third kappa shape index (κ3) is 25.7. The molecule has 18 heteroatoms. The normalized spacial score (nSPS) is 16.0. The van der Waals surface area contributed by atoms with Crippen LogP contribution in [0.1, 0.15) is 192 Å². The van der Waals surface area contributed by atoms with Gasteiger partial charge in [-0.1, -0.05) is 151 Å². The largest absolute Gasteiger partial charge is 0.426 e. The van der Waals surface area contributed by atoms with E-state index in [2.05, 4.69) is 146 Å². The quantitative estimate of drug-likeness (QED) is 0.0513. The van der Waals surface area contributed by atoms with Crippen molar-refractivity contribution < 1.29 is 57.2 Å². The Balaban J connectivity index is 0.000000132. The second kappa shape index (κ2) is 47.0. The number of esters is 6. The number of benzene rings is 12. The van der Waals surface area contributed by atoms with Gasteiger partial charge in [0.15, 0.2) is 29.4 Å². The van der Waals surface area contributed by atoms with Crippen LogP contribution >= 0.6 is 0 Å². The first kappa shape index (κ1) is 97.6. The molecule has 0 radical (unpaired) electrons. The monoisotopic (exact) mass is 1850 g/mol. The average Bonchev–Trinajstić information content (AvgIpc) is 1.77. The zero-order valence-corrected chi connectivity index (χ0v) is 82.7. The molecule has 0 atom stereocenters. The van der Waals surface area contributed by atoms with Gasteiger partial charge in [0.1, 0.15) is 104 Å². The van der Waals surface area contributed by atoms with E-state index in [1.165, 1.54) is 227 Å². The van der Waals surface area contributed by atoms with Gasteiger partial charge in [0.2, 0.25) is 0 Å². The van der Waals surface area contributed by atoms with Crippen LogP contribution in [-0.2, 0) is 94.1 Å². The molecule has 6 aliphatic heterocycles. The molecule has 678 valence electrons. The van der Waals surface area contributed by atoms with Crippen molar-refractivity contribution in [2.75, 3.05) is 69.0 Å². The third-order valence-electron chi connectivity index (χ3n) is 23.9. The summed E-state index contributed by atoms with van der Waals surface area (Å²) >= 11 is 0. The summed E-state index contributed by atoms with van der Waals surface area (Å²) < 4.78 is 33.5. The van der Waals surface area contributed by atoms with Gasteiger partial charge in [-0.05, 0) is 247 Å². The van der Waals surface area contributed by atoms with Gasteiger partial charge in [0.05, 0.1) is 22.7 Å². The lowest BCUT2D eigenvalue weighted by Gasteiger charge is -2.19. The van der Waals surface area contributed by atoms with Gasteiger partial charge < -0.3 is 28.4 Å². The van der Waals surface area contributed by atoms with Gasteiger partial charge in [-0.3, -0.25) is 28.8 Å². The van der Waals surface area contributed by atoms with E-state index in [1.54, 1.807) is 0 Å². The lowest BCUT2D eigenvalue weighted by molar-refractivity contribution is -0.143. The van der Waals surface area contributed by atoms with Crippen LogP contribution in [0.5, 0.6) is 34.5 Å². The first-order valence-electron chi connectivity index (χ1n) is 46.8. The molecule has 12 aromatic rings. The van der Waals surface area contributed by atoms with Crippen LogP contribution in [0.3, 0.4) is 0 Å². The Labute approximate surface area is 783 Å². The highest BCUT2D eigenvalue weighted by atomic mass is 32.2. The standard InChI is InChI=1S/C20H25O2S.2C19H23O2S.2C18H21O2S.C17H19O2S/c1-20(2,3)19(21)22-17-11-12-18(23-13-7-4-8-14-23)16-10-6-5-9-15(16)17;1-19(2,3)18(20)21-16-10-11-17(22-12-6-7-13-22)15-9-5-4-8-14(15)16;1-14(2)19(20)21-17-10-11-18(22-12-6-3-7-13-22)16-9-5-4-8-15(16)17;1-13(2)18(19)20-16-9-10-17(21-11-5-6-12-21)15-8-4-3-7-14(15)16;1-2-18(19)20-16-10-11-17(21-12-6-3-7-13-21)15-9-5-4-8-14(15)16;1-2-17(18)19-15-9-10-16(20-11-5-6-12-20)14-8-4-3-7-13(14)15/h5-6,9-12H,4,7-8,13-14H2,1-3H3;4-5,8-11H,6-7,12-13H2,1-3H3;4-5,8-11,14H,3,6-7,12-13H2,1-2H3;3-4,7-10,13H,5-6,11-12H2,1-2H3;4-5,8-11H,2-3,6-7,12-13H2,1H3;3-4,7-10H,2,5-6,11-12H2,1H3/q6*+1. The number of hydrogen-bond acceptors (Lipinski definition) is 12. The fraction of sp³-hybridized carbons (Fsp3) is 0.405. The van der Waals surface area contributed by atoms with E-state index < -0.39 is 10.8 Å². The van der Waals surface area contributed by atoms with E-state index in [1.807, 2.05) is 156 Å². The lowest BCUT2D eigenvalue weighted by atomic mass is 9.97. The van der Waals surface area contributed by atoms with E-state index >= 15 is 0 Å². The van der Waals surface area contributed by atoms with E-state index in [0.29, 0.717) is 113 Å². The van der Waals surface area contributed by atoms with Crippen LogP contribution in [0.2, 0.25) is 0 Å². The molecular weight excluding hydrogens is 1720 g/mol. The van der Waals surface area contributed by atoms with E-state index in [9.17, 15) is 28.8 Å². The number of rotatable bonds is 16. The van der Waals surface area contributed by atoms with E-state index in [4.69, 9.17) is 28.4 Å². The smallest absolute Gasteiger partial charge is 0.316 e. The second-order valence-electron chi connectivity index (χ2n) is 36.4. The minimum Gasteiger partial charge on any atom is -0.426 e. The summed E-state index contributed by atoms with van der Waals surface area (Å²) in [6.45, 7) is 22.4. The van der Waals surface area contributed by atoms with Crippen LogP contribution < -0.4 is 28.4 Å². The highest BCUT2D eigenvalue weighted by Crippen LogP contribution is 2.43. The Morgan fingerprint density at radius 1 is 0.233 bits per heavy atom. The number of ether oxygens (including phenoxy) is 6. The maximum absolute atomic E-state index is 12.2. The van der Waals surface area contributed by atoms with Crippen LogP contribution in [0.15, 0.2) is 248 Å². The van der Waals surface area contributed by atoms with Crippen molar-refractivity contribution in [3.05, 3.63) is 218 Å². The first-order chi connectivity index (χ1) is 62.3. The maximum atomic E-state index is 12.2. The molecule has 12 aromatic carbocycles. The molecule has 0 aromatic heterocycles. The molecule has 18 rings (SSSR count). The Bertz CT molecular complexity index is 5850. The van der Waals surface area contributed by atoms with E-state index in [-0.39, 0.29) is 47.7 Å². The number of carbonyl (C=O) groups is 6. The molecular formula is C111H132O12S6+6. The fourth-order valence-corrected chi connectivity index (χ4v) is 31.6. The van der Waals surface area contributed by atoms with Crippen molar-refractivity contribution in [3.8, 4) is 34.5 Å². The average molecular weight is 1850 g/mol.